The van der Waals surface area contributed by atoms with Crippen LogP contribution in [0.15, 0.2) is 0 Å². The van der Waals surface area contributed by atoms with Gasteiger partial charge in [0.05, 0.1) is 24.9 Å². The summed E-state index contributed by atoms with van der Waals surface area (Å²) in [6, 6.07) is 0. The van der Waals surface area contributed by atoms with Crippen LogP contribution >= 0.6 is 0 Å². The van der Waals surface area contributed by atoms with Crippen molar-refractivity contribution in [1.29, 1.82) is 0 Å². The maximum Gasteiger partial charge on any atom is 0.216 e. The zero-order valence-electron chi connectivity index (χ0n) is 19.6. The van der Waals surface area contributed by atoms with E-state index in [1.54, 1.807) is 0 Å². The number of carbonyl (C=O) groups excluding carboxylic acids is 1. The van der Waals surface area contributed by atoms with E-state index in [1.165, 1.54) is 6.92 Å². The van der Waals surface area contributed by atoms with Gasteiger partial charge in [0, 0.05) is 25.3 Å². The van der Waals surface area contributed by atoms with Crippen LogP contribution in [0.2, 0.25) is 0 Å². The highest BCUT2D eigenvalue weighted by Crippen LogP contribution is 2.40. The highest BCUT2D eigenvalue weighted by Gasteiger charge is 2.46. The largest absolute Gasteiger partial charge is 0.354 e. The number of nitrogens with one attached hydrogen (secondary N) is 1. The van der Waals surface area contributed by atoms with E-state index in [0.717, 1.165) is 12.8 Å². The van der Waals surface area contributed by atoms with Crippen molar-refractivity contribution in [2.45, 2.75) is 99.1 Å². The van der Waals surface area contributed by atoms with E-state index in [-0.39, 0.29) is 48.6 Å². The van der Waals surface area contributed by atoms with Crippen LogP contribution < -0.4 is 5.32 Å². The lowest BCUT2D eigenvalue weighted by Gasteiger charge is -2.49. The molecule has 6 heteroatoms. The Morgan fingerprint density at radius 2 is 1.41 bits per heavy atom. The highest BCUT2D eigenvalue weighted by atomic mass is 16.7. The van der Waals surface area contributed by atoms with E-state index in [9.17, 15) is 4.79 Å². The number of ether oxygens (including phenoxy) is 4. The van der Waals surface area contributed by atoms with Crippen molar-refractivity contribution >= 4 is 5.91 Å². The van der Waals surface area contributed by atoms with Gasteiger partial charge in [-0.15, -0.1) is 0 Å². The second kappa shape index (κ2) is 11.1. The third-order valence-corrected chi connectivity index (χ3v) is 7.29. The Kier molecular flexibility index (Phi) is 9.39. The summed E-state index contributed by atoms with van der Waals surface area (Å²) in [5.74, 6) is 1.87. The van der Waals surface area contributed by atoms with Gasteiger partial charge in [0.1, 0.15) is 0 Å². The summed E-state index contributed by atoms with van der Waals surface area (Å²) in [7, 11) is 0. The predicted molar refractivity (Wildman–Crippen MR) is 113 cm³/mol. The molecule has 6 nitrogen and oxygen atoms in total. The minimum absolute atomic E-state index is 0.0178. The summed E-state index contributed by atoms with van der Waals surface area (Å²) in [4.78, 5) is 11.0. The Balaban J connectivity index is 2.01. The molecular weight excluding hydrogens is 370 g/mol. The lowest BCUT2D eigenvalue weighted by Crippen LogP contribution is -2.55. The first-order chi connectivity index (χ1) is 13.7. The second-order valence-corrected chi connectivity index (χ2v) is 9.15. The van der Waals surface area contributed by atoms with E-state index in [1.807, 2.05) is 0 Å². The zero-order chi connectivity index (χ0) is 21.7. The van der Waals surface area contributed by atoms with Crippen LogP contribution in [-0.4, -0.2) is 50.0 Å². The van der Waals surface area contributed by atoms with Gasteiger partial charge in [-0.05, 0) is 30.6 Å². The topological polar surface area (TPSA) is 66.0 Å². The predicted octanol–water partition coefficient (Wildman–Crippen LogP) is 3.97. The van der Waals surface area contributed by atoms with E-state index in [0.29, 0.717) is 30.9 Å². The van der Waals surface area contributed by atoms with Gasteiger partial charge < -0.3 is 24.3 Å². The van der Waals surface area contributed by atoms with Crippen molar-refractivity contribution in [3.05, 3.63) is 0 Å². The smallest absolute Gasteiger partial charge is 0.216 e. The van der Waals surface area contributed by atoms with Crippen LogP contribution in [0.5, 0.6) is 0 Å². The molecule has 0 aromatic rings. The lowest BCUT2D eigenvalue weighted by atomic mass is 9.78. The second-order valence-electron chi connectivity index (χ2n) is 9.15. The van der Waals surface area contributed by atoms with E-state index >= 15 is 0 Å². The molecule has 170 valence electrons. The Morgan fingerprint density at radius 3 is 2.00 bits per heavy atom. The summed E-state index contributed by atoms with van der Waals surface area (Å²) >= 11 is 0. The number of rotatable bonds is 8. The molecule has 0 aromatic heterocycles. The fourth-order valence-corrected chi connectivity index (χ4v) is 4.66. The van der Waals surface area contributed by atoms with E-state index < -0.39 is 0 Å². The first-order valence-electron chi connectivity index (χ1n) is 11.5. The Bertz CT molecular complexity index is 511. The van der Waals surface area contributed by atoms with Crippen LogP contribution in [0, 0.1) is 29.6 Å². The Labute approximate surface area is 177 Å². The fraction of sp³-hybridized carbons (Fsp3) is 0.957. The molecule has 29 heavy (non-hydrogen) atoms. The lowest BCUT2D eigenvalue weighted by molar-refractivity contribution is -0.323. The molecule has 2 saturated heterocycles. The van der Waals surface area contributed by atoms with Gasteiger partial charge >= 0.3 is 0 Å². The molecule has 2 fully saturated rings. The standard InChI is InChI=1S/C23H43NO5/c1-9-19-14(4)13(3)16(6)23(27-19)29-21-15(5)17(7)22(28-20(21)10-2)26-12-11-24-18(8)25/h13-17,19-23H,9-12H2,1-8H3,(H,24,25)/t13?,14-,15?,16-,17-,19?,20?,21-,22-,23+/m0/s1. The molecule has 2 heterocycles. The van der Waals surface area contributed by atoms with Crippen LogP contribution in [0.4, 0.5) is 0 Å². The van der Waals surface area contributed by atoms with Crippen molar-refractivity contribution in [2.24, 2.45) is 29.6 Å². The summed E-state index contributed by atoms with van der Waals surface area (Å²) in [6.45, 7) is 18.0. The first-order valence-corrected chi connectivity index (χ1v) is 11.5. The molecule has 2 aliphatic rings. The molecule has 2 rings (SSSR count). The molecule has 0 radical (unpaired) electrons. The minimum Gasteiger partial charge on any atom is -0.354 e. The van der Waals surface area contributed by atoms with E-state index in [4.69, 9.17) is 18.9 Å². The van der Waals surface area contributed by atoms with Crippen LogP contribution in [0.1, 0.15) is 68.2 Å². The summed E-state index contributed by atoms with van der Waals surface area (Å²) in [5, 5.41) is 2.76. The molecule has 0 bridgehead atoms. The Hall–Kier alpha value is -0.690. The molecule has 0 saturated carbocycles. The van der Waals surface area contributed by atoms with Crippen LogP contribution in [-0.2, 0) is 23.7 Å². The van der Waals surface area contributed by atoms with E-state index in [2.05, 4.69) is 53.8 Å². The molecule has 2 aliphatic heterocycles. The summed E-state index contributed by atoms with van der Waals surface area (Å²) in [6.07, 6.45) is 1.59. The summed E-state index contributed by atoms with van der Waals surface area (Å²) in [5.41, 5.74) is 0. The molecule has 4 unspecified atom stereocenters. The number of hydrogen-bond acceptors (Lipinski definition) is 5. The average Bonchev–Trinajstić information content (AvgIpc) is 2.69. The molecule has 1 N–H and O–H groups in total. The van der Waals surface area contributed by atoms with Gasteiger partial charge in [0.2, 0.25) is 5.91 Å². The van der Waals surface area contributed by atoms with Gasteiger partial charge in [0.15, 0.2) is 12.6 Å². The molecule has 10 atom stereocenters. The van der Waals surface area contributed by atoms with Gasteiger partial charge in [-0.3, -0.25) is 4.79 Å². The highest BCUT2D eigenvalue weighted by molar-refractivity contribution is 5.72. The number of hydrogen-bond donors (Lipinski definition) is 1. The summed E-state index contributed by atoms with van der Waals surface area (Å²) < 4.78 is 25.3. The van der Waals surface area contributed by atoms with Crippen molar-refractivity contribution in [3.8, 4) is 0 Å². The Morgan fingerprint density at radius 1 is 0.828 bits per heavy atom. The number of carbonyl (C=O) groups is 1. The van der Waals surface area contributed by atoms with Gasteiger partial charge in [-0.1, -0.05) is 48.5 Å². The van der Waals surface area contributed by atoms with Crippen molar-refractivity contribution < 1.29 is 23.7 Å². The van der Waals surface area contributed by atoms with Crippen LogP contribution in [0.25, 0.3) is 0 Å². The normalized spacial score (nSPS) is 43.2. The SMILES string of the molecule is CCC1O[C@H](O[C@@H]2C(CC)O[C@H](OCCNC(C)=O)[C@@H](C)C2C)[C@@H](C)C(C)[C@@H]1C. The molecular formula is C23H43NO5. The van der Waals surface area contributed by atoms with Gasteiger partial charge in [-0.2, -0.15) is 0 Å². The third-order valence-electron chi connectivity index (χ3n) is 7.29. The zero-order valence-corrected chi connectivity index (χ0v) is 19.6. The third kappa shape index (κ3) is 5.93. The van der Waals surface area contributed by atoms with Crippen molar-refractivity contribution in [1.82, 2.24) is 5.32 Å². The van der Waals surface area contributed by atoms with Gasteiger partial charge in [0.25, 0.3) is 0 Å². The molecule has 1 amide bonds. The number of amides is 1. The van der Waals surface area contributed by atoms with Crippen molar-refractivity contribution in [3.63, 3.8) is 0 Å². The molecule has 0 spiro atoms. The molecule has 0 aliphatic carbocycles. The molecule has 0 aromatic carbocycles. The maximum absolute atomic E-state index is 11.0. The van der Waals surface area contributed by atoms with Crippen LogP contribution in [0.3, 0.4) is 0 Å². The van der Waals surface area contributed by atoms with Gasteiger partial charge in [-0.25, -0.2) is 0 Å². The fourth-order valence-electron chi connectivity index (χ4n) is 4.66. The minimum atomic E-state index is -0.282. The van der Waals surface area contributed by atoms with Crippen molar-refractivity contribution in [2.75, 3.05) is 13.2 Å². The monoisotopic (exact) mass is 413 g/mol. The average molecular weight is 414 g/mol. The quantitative estimate of drug-likeness (QED) is 0.610. The maximum atomic E-state index is 11.0. The first kappa shape index (κ1) is 24.6.